The summed E-state index contributed by atoms with van der Waals surface area (Å²) in [5.41, 5.74) is -1.10. The summed E-state index contributed by atoms with van der Waals surface area (Å²) < 4.78 is 16.6. The van der Waals surface area contributed by atoms with Crippen LogP contribution >= 0.6 is 0 Å². The van der Waals surface area contributed by atoms with E-state index in [0.717, 1.165) is 6.07 Å². The zero-order valence-corrected chi connectivity index (χ0v) is 14.2. The van der Waals surface area contributed by atoms with E-state index in [0.29, 0.717) is 32.5 Å². The number of carboxylic acids is 1. The molecule has 1 rings (SSSR count). The number of rotatable bonds is 11. The molecule has 0 atom stereocenters. The van der Waals surface area contributed by atoms with Crippen molar-refractivity contribution >= 4 is 11.7 Å². The van der Waals surface area contributed by atoms with Crippen molar-refractivity contribution in [3.8, 4) is 17.2 Å². The molecule has 0 aliphatic carbocycles. The maximum Gasteiger partial charge on any atom is 0.346 e. The zero-order chi connectivity index (χ0) is 18.1. The van der Waals surface area contributed by atoms with Gasteiger partial charge in [-0.3, -0.25) is 10.1 Å². The average molecular weight is 341 g/mol. The first kappa shape index (κ1) is 19.5. The molecule has 0 fully saturated rings. The molecule has 0 radical (unpaired) electrons. The molecule has 0 bridgehead atoms. The van der Waals surface area contributed by atoms with E-state index < -0.39 is 22.1 Å². The van der Waals surface area contributed by atoms with E-state index in [1.165, 1.54) is 0 Å². The van der Waals surface area contributed by atoms with E-state index in [2.05, 4.69) is 0 Å². The van der Waals surface area contributed by atoms with E-state index in [9.17, 15) is 20.0 Å². The SMILES string of the molecule is CCCOc1cc([N+](=O)[O-])c(C(=O)O)c(OCCC)c1OCCC. The number of benzene rings is 1. The summed E-state index contributed by atoms with van der Waals surface area (Å²) in [6.07, 6.45) is 1.98. The number of ether oxygens (including phenoxy) is 3. The van der Waals surface area contributed by atoms with Crippen molar-refractivity contribution in [2.45, 2.75) is 40.0 Å². The summed E-state index contributed by atoms with van der Waals surface area (Å²) in [6.45, 7) is 6.46. The summed E-state index contributed by atoms with van der Waals surface area (Å²) in [5.74, 6) is -1.39. The lowest BCUT2D eigenvalue weighted by Crippen LogP contribution is -2.12. The number of nitro benzene ring substituents is 1. The maximum atomic E-state index is 11.6. The van der Waals surface area contributed by atoms with Crippen LogP contribution in [0.2, 0.25) is 0 Å². The fourth-order valence-corrected chi connectivity index (χ4v) is 1.96. The molecule has 1 aromatic carbocycles. The van der Waals surface area contributed by atoms with Gasteiger partial charge in [-0.05, 0) is 19.3 Å². The molecular formula is C16H23NO7. The number of carboxylic acid groups (broad SMARTS) is 1. The van der Waals surface area contributed by atoms with Crippen molar-refractivity contribution in [3.63, 3.8) is 0 Å². The number of nitrogens with zero attached hydrogens (tertiary/aromatic N) is 1. The van der Waals surface area contributed by atoms with Gasteiger partial charge in [-0.15, -0.1) is 0 Å². The molecule has 8 nitrogen and oxygen atoms in total. The Morgan fingerprint density at radius 1 is 1.04 bits per heavy atom. The summed E-state index contributed by atoms with van der Waals surface area (Å²) in [6, 6.07) is 1.09. The standard InChI is InChI=1S/C16H23NO7/c1-4-7-22-12-10-11(17(20)21)13(16(18)19)15(24-9-6-3)14(12)23-8-5-2/h10H,4-9H2,1-3H3,(H,18,19). The van der Waals surface area contributed by atoms with Gasteiger partial charge in [-0.1, -0.05) is 20.8 Å². The molecule has 0 aliphatic heterocycles. The molecule has 1 N–H and O–H groups in total. The Bertz CT molecular complexity index is 586. The predicted octanol–water partition coefficient (Wildman–Crippen LogP) is 3.66. The normalized spacial score (nSPS) is 10.3. The molecule has 134 valence electrons. The summed E-state index contributed by atoms with van der Waals surface area (Å²) >= 11 is 0. The van der Waals surface area contributed by atoms with Gasteiger partial charge in [0.15, 0.2) is 17.1 Å². The van der Waals surface area contributed by atoms with Crippen LogP contribution in [0.25, 0.3) is 0 Å². The third-order valence-corrected chi connectivity index (χ3v) is 2.95. The van der Waals surface area contributed by atoms with Gasteiger partial charge in [0.1, 0.15) is 0 Å². The lowest BCUT2D eigenvalue weighted by Gasteiger charge is -2.18. The van der Waals surface area contributed by atoms with Crippen LogP contribution in [0.3, 0.4) is 0 Å². The van der Waals surface area contributed by atoms with Gasteiger partial charge in [0.25, 0.3) is 5.69 Å². The second-order valence-electron chi connectivity index (χ2n) is 5.03. The molecule has 0 aliphatic rings. The summed E-state index contributed by atoms with van der Waals surface area (Å²) in [4.78, 5) is 22.1. The number of aromatic carboxylic acids is 1. The van der Waals surface area contributed by atoms with Gasteiger partial charge >= 0.3 is 5.97 Å². The van der Waals surface area contributed by atoms with Gasteiger partial charge in [0, 0.05) is 0 Å². The first-order valence-corrected chi connectivity index (χ1v) is 7.94. The molecule has 0 spiro atoms. The molecule has 1 aromatic rings. The van der Waals surface area contributed by atoms with Crippen molar-refractivity contribution in [3.05, 3.63) is 21.7 Å². The van der Waals surface area contributed by atoms with Crippen LogP contribution in [0.5, 0.6) is 17.2 Å². The van der Waals surface area contributed by atoms with Gasteiger partial charge < -0.3 is 19.3 Å². The van der Waals surface area contributed by atoms with Crippen molar-refractivity contribution in [2.75, 3.05) is 19.8 Å². The zero-order valence-electron chi connectivity index (χ0n) is 14.2. The minimum Gasteiger partial charge on any atom is -0.489 e. The Hall–Kier alpha value is -2.51. The third kappa shape index (κ3) is 4.74. The van der Waals surface area contributed by atoms with E-state index in [1.54, 1.807) is 0 Å². The molecule has 8 heteroatoms. The Labute approximate surface area is 140 Å². The second-order valence-corrected chi connectivity index (χ2v) is 5.03. The number of carbonyl (C=O) groups is 1. The molecule has 0 amide bonds. The van der Waals surface area contributed by atoms with Crippen LogP contribution in [-0.4, -0.2) is 35.8 Å². The maximum absolute atomic E-state index is 11.6. The minimum atomic E-state index is -1.45. The second kappa shape index (κ2) is 9.59. The highest BCUT2D eigenvalue weighted by Gasteiger charge is 2.32. The highest BCUT2D eigenvalue weighted by atomic mass is 16.6. The first-order valence-electron chi connectivity index (χ1n) is 7.94. The van der Waals surface area contributed by atoms with Gasteiger partial charge in [0.05, 0.1) is 30.8 Å². The third-order valence-electron chi connectivity index (χ3n) is 2.95. The monoisotopic (exact) mass is 341 g/mol. The smallest absolute Gasteiger partial charge is 0.346 e. The molecule has 0 unspecified atom stereocenters. The number of hydrogen-bond acceptors (Lipinski definition) is 6. The van der Waals surface area contributed by atoms with Crippen LogP contribution < -0.4 is 14.2 Å². The lowest BCUT2D eigenvalue weighted by atomic mass is 10.1. The predicted molar refractivity (Wildman–Crippen MR) is 87.4 cm³/mol. The molecule has 0 saturated carbocycles. The van der Waals surface area contributed by atoms with Gasteiger partial charge in [0.2, 0.25) is 5.75 Å². The first-order chi connectivity index (χ1) is 11.5. The fourth-order valence-electron chi connectivity index (χ4n) is 1.96. The van der Waals surface area contributed by atoms with Crippen molar-refractivity contribution < 1.29 is 29.0 Å². The fraction of sp³-hybridized carbons (Fsp3) is 0.562. The largest absolute Gasteiger partial charge is 0.489 e. The summed E-state index contributed by atoms with van der Waals surface area (Å²) in [5, 5.41) is 20.7. The van der Waals surface area contributed by atoms with E-state index in [-0.39, 0.29) is 23.9 Å². The van der Waals surface area contributed by atoms with Crippen molar-refractivity contribution in [1.29, 1.82) is 0 Å². The van der Waals surface area contributed by atoms with Crippen LogP contribution in [-0.2, 0) is 0 Å². The van der Waals surface area contributed by atoms with Crippen LogP contribution in [0.1, 0.15) is 50.4 Å². The minimum absolute atomic E-state index is 0.0988. The Kier molecular flexibility index (Phi) is 7.81. The molecule has 0 saturated heterocycles. The van der Waals surface area contributed by atoms with Crippen LogP contribution in [0.4, 0.5) is 5.69 Å². The van der Waals surface area contributed by atoms with E-state index in [1.807, 2.05) is 20.8 Å². The van der Waals surface area contributed by atoms with E-state index >= 15 is 0 Å². The van der Waals surface area contributed by atoms with Crippen molar-refractivity contribution in [1.82, 2.24) is 0 Å². The van der Waals surface area contributed by atoms with Gasteiger partial charge in [-0.25, -0.2) is 4.79 Å². The molecular weight excluding hydrogens is 318 g/mol. The summed E-state index contributed by atoms with van der Waals surface area (Å²) in [7, 11) is 0. The van der Waals surface area contributed by atoms with Crippen LogP contribution in [0, 0.1) is 10.1 Å². The molecule has 0 heterocycles. The highest BCUT2D eigenvalue weighted by Crippen LogP contribution is 2.45. The topological polar surface area (TPSA) is 108 Å². The Morgan fingerprint density at radius 3 is 2.00 bits per heavy atom. The number of nitro groups is 1. The van der Waals surface area contributed by atoms with Crippen molar-refractivity contribution in [2.24, 2.45) is 0 Å². The molecule has 24 heavy (non-hydrogen) atoms. The Balaban J connectivity index is 3.59. The molecule has 0 aromatic heterocycles. The lowest BCUT2D eigenvalue weighted by molar-refractivity contribution is -0.385. The average Bonchev–Trinajstić information content (AvgIpc) is 2.55. The highest BCUT2D eigenvalue weighted by molar-refractivity contribution is 5.97. The number of hydrogen-bond donors (Lipinski definition) is 1. The Morgan fingerprint density at radius 2 is 1.54 bits per heavy atom. The quantitative estimate of drug-likeness (QED) is 0.483. The van der Waals surface area contributed by atoms with E-state index in [4.69, 9.17) is 14.2 Å². The van der Waals surface area contributed by atoms with Gasteiger partial charge in [-0.2, -0.15) is 0 Å². The van der Waals surface area contributed by atoms with Crippen LogP contribution in [0.15, 0.2) is 6.07 Å².